The van der Waals surface area contributed by atoms with Crippen LogP contribution >= 0.6 is 23.4 Å². The molecule has 3 aromatic rings. The number of nitrogens with one attached hydrogen (secondary N) is 1. The lowest BCUT2D eigenvalue weighted by Crippen LogP contribution is -2.37. The third kappa shape index (κ3) is 4.85. The molecule has 0 bridgehead atoms. The minimum absolute atomic E-state index is 0.107. The zero-order valence-electron chi connectivity index (χ0n) is 18.0. The maximum atomic E-state index is 12.9. The molecule has 0 radical (unpaired) electrons. The number of carbonyl (C=O) groups is 1. The Balaban J connectivity index is 1.96. The number of unbranched alkanes of at least 4 members (excludes halogenated alkanes) is 1. The fourth-order valence-corrected chi connectivity index (χ4v) is 4.45. The van der Waals surface area contributed by atoms with Crippen molar-refractivity contribution in [3.05, 3.63) is 61.4 Å². The van der Waals surface area contributed by atoms with E-state index in [1.165, 1.54) is 23.4 Å². The molecule has 2 heterocycles. The molecular weight excluding hydrogens is 436 g/mol. The first-order valence-corrected chi connectivity index (χ1v) is 11.4. The van der Waals surface area contributed by atoms with Crippen molar-refractivity contribution < 1.29 is 4.79 Å². The van der Waals surface area contributed by atoms with E-state index in [1.807, 2.05) is 13.0 Å². The quantitative estimate of drug-likeness (QED) is 0.544. The topological polar surface area (TPSA) is 86.0 Å². The number of thioether (sulfide) groups is 1. The predicted octanol–water partition coefficient (Wildman–Crippen LogP) is 3.67. The Morgan fingerprint density at radius 3 is 2.65 bits per heavy atom. The van der Waals surface area contributed by atoms with Gasteiger partial charge in [0.25, 0.3) is 5.56 Å². The smallest absolute Gasteiger partial charge is 0.325 e. The van der Waals surface area contributed by atoms with Crippen LogP contribution in [-0.4, -0.2) is 25.8 Å². The van der Waals surface area contributed by atoms with Gasteiger partial charge >= 0.3 is 5.69 Å². The van der Waals surface area contributed by atoms with E-state index in [1.54, 1.807) is 25.4 Å². The second kappa shape index (κ2) is 9.70. The highest BCUT2D eigenvalue weighted by Gasteiger charge is 2.18. The van der Waals surface area contributed by atoms with Crippen LogP contribution < -0.4 is 16.6 Å². The summed E-state index contributed by atoms with van der Waals surface area (Å²) in [6, 6.07) is 5.35. The van der Waals surface area contributed by atoms with Gasteiger partial charge in [-0.15, -0.1) is 11.8 Å². The molecular formula is C22H25ClN4O3S. The fourth-order valence-electron chi connectivity index (χ4n) is 3.26. The number of halogens is 1. The van der Waals surface area contributed by atoms with Crippen molar-refractivity contribution >= 4 is 46.0 Å². The summed E-state index contributed by atoms with van der Waals surface area (Å²) in [5.41, 5.74) is 1.93. The van der Waals surface area contributed by atoms with Crippen molar-refractivity contribution in [2.24, 2.45) is 14.1 Å². The molecule has 1 aromatic carbocycles. The molecule has 9 heteroatoms. The van der Waals surface area contributed by atoms with Gasteiger partial charge in [0.15, 0.2) is 0 Å². The van der Waals surface area contributed by atoms with Crippen molar-refractivity contribution in [3.8, 4) is 0 Å². The van der Waals surface area contributed by atoms with Crippen molar-refractivity contribution in [2.75, 3.05) is 11.1 Å². The third-order valence-corrected chi connectivity index (χ3v) is 6.67. The summed E-state index contributed by atoms with van der Waals surface area (Å²) < 4.78 is 2.44. The molecule has 0 saturated heterocycles. The van der Waals surface area contributed by atoms with Gasteiger partial charge in [0.05, 0.1) is 11.1 Å². The Labute approximate surface area is 189 Å². The molecule has 0 unspecified atom stereocenters. The van der Waals surface area contributed by atoms with E-state index in [9.17, 15) is 14.4 Å². The molecule has 0 saturated carbocycles. The van der Waals surface area contributed by atoms with Gasteiger partial charge in [0.2, 0.25) is 5.91 Å². The number of amides is 1. The molecule has 0 aliphatic rings. The number of carbonyl (C=O) groups excluding carboxylic acids is 1. The summed E-state index contributed by atoms with van der Waals surface area (Å²) in [6.45, 7) is 3.98. The van der Waals surface area contributed by atoms with Crippen LogP contribution in [0.2, 0.25) is 5.02 Å². The van der Waals surface area contributed by atoms with Crippen LogP contribution in [0.5, 0.6) is 0 Å². The van der Waals surface area contributed by atoms with Crippen LogP contribution in [0.4, 0.5) is 5.69 Å². The number of pyridine rings is 1. The number of hydrogen-bond acceptors (Lipinski definition) is 5. The van der Waals surface area contributed by atoms with Crippen LogP contribution in [0.3, 0.4) is 0 Å². The van der Waals surface area contributed by atoms with E-state index in [2.05, 4.69) is 17.2 Å². The Morgan fingerprint density at radius 2 is 1.97 bits per heavy atom. The molecule has 3 rings (SSSR count). The molecule has 0 spiro atoms. The summed E-state index contributed by atoms with van der Waals surface area (Å²) in [5.74, 6) is -0.103. The second-order valence-electron chi connectivity index (χ2n) is 7.42. The Kier molecular flexibility index (Phi) is 7.23. The lowest BCUT2D eigenvalue weighted by Gasteiger charge is -2.14. The van der Waals surface area contributed by atoms with Gasteiger partial charge in [-0.25, -0.2) is 9.78 Å². The minimum Gasteiger partial charge on any atom is -0.325 e. The van der Waals surface area contributed by atoms with Crippen LogP contribution in [0.15, 0.2) is 38.9 Å². The standard InChI is InChI=1S/C22H25ClN4O3S/c1-5-6-7-14-11-24-20-18(21(29)27(4)22(30)26(20)3)19(14)31-12-17(28)25-15-9-8-13(2)16(23)10-15/h8-11H,5-7,12H2,1-4H3,(H,25,28). The van der Waals surface area contributed by atoms with E-state index < -0.39 is 11.2 Å². The van der Waals surface area contributed by atoms with Gasteiger partial charge in [-0.05, 0) is 43.0 Å². The fraction of sp³-hybridized carbons (Fsp3) is 0.364. The summed E-state index contributed by atoms with van der Waals surface area (Å²) in [5, 5.41) is 3.79. The molecule has 31 heavy (non-hydrogen) atoms. The number of rotatable bonds is 7. The molecule has 1 amide bonds. The van der Waals surface area contributed by atoms with Gasteiger partial charge in [0.1, 0.15) is 5.65 Å². The van der Waals surface area contributed by atoms with E-state index in [4.69, 9.17) is 11.6 Å². The van der Waals surface area contributed by atoms with E-state index in [0.29, 0.717) is 26.6 Å². The molecule has 0 fully saturated rings. The number of anilines is 1. The van der Waals surface area contributed by atoms with Gasteiger partial charge in [-0.3, -0.25) is 18.7 Å². The van der Waals surface area contributed by atoms with Crippen molar-refractivity contribution in [2.45, 2.75) is 38.0 Å². The largest absolute Gasteiger partial charge is 0.332 e. The molecule has 1 N–H and O–H groups in total. The zero-order chi connectivity index (χ0) is 22.7. The molecule has 164 valence electrons. The number of nitrogens with zero attached hydrogens (tertiary/aromatic N) is 3. The summed E-state index contributed by atoms with van der Waals surface area (Å²) >= 11 is 7.42. The molecule has 0 atom stereocenters. The monoisotopic (exact) mass is 460 g/mol. The second-order valence-corrected chi connectivity index (χ2v) is 8.81. The first-order valence-electron chi connectivity index (χ1n) is 10.0. The van der Waals surface area contributed by atoms with Crippen LogP contribution in [-0.2, 0) is 25.3 Å². The lowest BCUT2D eigenvalue weighted by molar-refractivity contribution is -0.113. The minimum atomic E-state index is -0.434. The van der Waals surface area contributed by atoms with Gasteiger partial charge in [-0.1, -0.05) is 31.0 Å². The predicted molar refractivity (Wildman–Crippen MR) is 126 cm³/mol. The van der Waals surface area contributed by atoms with Gasteiger partial charge in [-0.2, -0.15) is 0 Å². The molecule has 7 nitrogen and oxygen atoms in total. The summed E-state index contributed by atoms with van der Waals surface area (Å²) in [4.78, 5) is 42.9. The Bertz CT molecular complexity index is 1270. The SMILES string of the molecule is CCCCc1cnc2c(c1SCC(=O)Nc1ccc(C)c(Cl)c1)c(=O)n(C)c(=O)n2C. The number of aryl methyl sites for hydroxylation is 3. The normalized spacial score (nSPS) is 11.1. The number of benzene rings is 1. The average molecular weight is 461 g/mol. The van der Waals surface area contributed by atoms with E-state index in [-0.39, 0.29) is 11.7 Å². The first-order chi connectivity index (χ1) is 14.7. The highest BCUT2D eigenvalue weighted by molar-refractivity contribution is 8.00. The van der Waals surface area contributed by atoms with E-state index >= 15 is 0 Å². The third-order valence-electron chi connectivity index (χ3n) is 5.10. The van der Waals surface area contributed by atoms with Crippen LogP contribution in [0.25, 0.3) is 11.0 Å². The lowest BCUT2D eigenvalue weighted by atomic mass is 10.1. The summed E-state index contributed by atoms with van der Waals surface area (Å²) in [6.07, 6.45) is 4.36. The van der Waals surface area contributed by atoms with E-state index in [0.717, 1.165) is 35.0 Å². The highest BCUT2D eigenvalue weighted by atomic mass is 35.5. The number of hydrogen-bond donors (Lipinski definition) is 1. The van der Waals surface area contributed by atoms with Crippen molar-refractivity contribution in [1.29, 1.82) is 0 Å². The van der Waals surface area contributed by atoms with Crippen molar-refractivity contribution in [1.82, 2.24) is 14.1 Å². The van der Waals surface area contributed by atoms with Gasteiger partial charge < -0.3 is 5.32 Å². The van der Waals surface area contributed by atoms with Crippen LogP contribution in [0, 0.1) is 6.92 Å². The average Bonchev–Trinajstić information content (AvgIpc) is 2.75. The number of aromatic nitrogens is 3. The number of fused-ring (bicyclic) bond motifs is 1. The Hall–Kier alpha value is -2.58. The first kappa shape index (κ1) is 23.1. The molecule has 0 aliphatic heterocycles. The molecule has 0 aliphatic carbocycles. The molecule has 2 aromatic heterocycles. The maximum absolute atomic E-state index is 12.9. The maximum Gasteiger partial charge on any atom is 0.332 e. The van der Waals surface area contributed by atoms with Crippen molar-refractivity contribution in [3.63, 3.8) is 0 Å². The summed E-state index contributed by atoms with van der Waals surface area (Å²) in [7, 11) is 3.04. The highest BCUT2D eigenvalue weighted by Crippen LogP contribution is 2.29. The van der Waals surface area contributed by atoms with Gasteiger partial charge in [0, 0.05) is 35.9 Å². The van der Waals surface area contributed by atoms with Crippen LogP contribution in [0.1, 0.15) is 30.9 Å². The zero-order valence-corrected chi connectivity index (χ0v) is 19.6. The Morgan fingerprint density at radius 1 is 1.23 bits per heavy atom.